The topological polar surface area (TPSA) is 59.9 Å². The van der Waals surface area contributed by atoms with E-state index in [1.165, 1.54) is 12.4 Å². The van der Waals surface area contributed by atoms with Crippen LogP contribution in [0.1, 0.15) is 13.3 Å². The molecule has 72 valence electrons. The van der Waals surface area contributed by atoms with Gasteiger partial charge in [-0.25, -0.2) is 18.4 Å². The number of sulfone groups is 1. The molecule has 0 bridgehead atoms. The molecule has 0 saturated heterocycles. The van der Waals surface area contributed by atoms with Gasteiger partial charge in [-0.3, -0.25) is 0 Å². The summed E-state index contributed by atoms with van der Waals surface area (Å²) in [5.74, 6) is 0.0919. The van der Waals surface area contributed by atoms with E-state index < -0.39 is 9.84 Å². The number of aromatic nitrogens is 2. The maximum absolute atomic E-state index is 11.4. The van der Waals surface area contributed by atoms with E-state index in [4.69, 9.17) is 0 Å². The second-order valence-electron chi connectivity index (χ2n) is 2.50. The first-order valence-corrected chi connectivity index (χ1v) is 6.21. The first kappa shape index (κ1) is 10.6. The van der Waals surface area contributed by atoms with Gasteiger partial charge in [0.2, 0.25) is 15.0 Å². The van der Waals surface area contributed by atoms with Crippen molar-refractivity contribution >= 4 is 25.8 Å². The predicted octanol–water partition coefficient (Wildman–Crippen LogP) is 1.42. The van der Waals surface area contributed by atoms with Crippen LogP contribution in [0, 0.1) is 0 Å². The number of rotatable bonds is 3. The van der Waals surface area contributed by atoms with Crippen molar-refractivity contribution in [2.75, 3.05) is 5.75 Å². The summed E-state index contributed by atoms with van der Waals surface area (Å²) < 4.78 is 23.5. The summed E-state index contributed by atoms with van der Waals surface area (Å²) in [5, 5.41) is -0.0995. The first-order valence-electron chi connectivity index (χ1n) is 3.76. The van der Waals surface area contributed by atoms with E-state index >= 15 is 0 Å². The number of halogens is 1. The van der Waals surface area contributed by atoms with Crippen LogP contribution in [0.5, 0.6) is 0 Å². The first-order chi connectivity index (χ1) is 6.06. The molecule has 1 aromatic rings. The third kappa shape index (κ3) is 2.73. The molecule has 0 radical (unpaired) electrons. The number of hydrogen-bond acceptors (Lipinski definition) is 4. The van der Waals surface area contributed by atoms with Crippen LogP contribution in [0.2, 0.25) is 0 Å². The van der Waals surface area contributed by atoms with Gasteiger partial charge in [0.1, 0.15) is 0 Å². The van der Waals surface area contributed by atoms with Gasteiger partial charge in [0.25, 0.3) is 0 Å². The molecule has 1 heterocycles. The molecular formula is C7H9BrN2O2S. The summed E-state index contributed by atoms with van der Waals surface area (Å²) in [7, 11) is -3.27. The highest BCUT2D eigenvalue weighted by molar-refractivity contribution is 9.10. The van der Waals surface area contributed by atoms with Gasteiger partial charge >= 0.3 is 0 Å². The smallest absolute Gasteiger partial charge is 0.226 e. The Morgan fingerprint density at radius 1 is 1.38 bits per heavy atom. The van der Waals surface area contributed by atoms with Crippen LogP contribution >= 0.6 is 15.9 Å². The Bertz CT molecular complexity index is 374. The average Bonchev–Trinajstić information content (AvgIpc) is 2.05. The molecule has 0 unspecified atom stereocenters. The Balaban J connectivity index is 3.02. The minimum absolute atomic E-state index is 0.0919. The van der Waals surface area contributed by atoms with Crippen molar-refractivity contribution in [3.05, 3.63) is 16.9 Å². The van der Waals surface area contributed by atoms with Crippen LogP contribution in [-0.4, -0.2) is 24.1 Å². The van der Waals surface area contributed by atoms with E-state index in [9.17, 15) is 8.42 Å². The number of nitrogens with zero attached hydrogens (tertiary/aromatic N) is 2. The Hall–Kier alpha value is -0.490. The van der Waals surface area contributed by atoms with Gasteiger partial charge < -0.3 is 0 Å². The van der Waals surface area contributed by atoms with Crippen LogP contribution in [-0.2, 0) is 9.84 Å². The molecule has 0 atom stereocenters. The van der Waals surface area contributed by atoms with E-state index in [-0.39, 0.29) is 10.9 Å². The van der Waals surface area contributed by atoms with Gasteiger partial charge in [-0.05, 0) is 22.4 Å². The molecule has 0 aromatic carbocycles. The molecular weight excluding hydrogens is 256 g/mol. The largest absolute Gasteiger partial charge is 0.247 e. The van der Waals surface area contributed by atoms with Crippen molar-refractivity contribution in [1.29, 1.82) is 0 Å². The molecule has 0 fully saturated rings. The second kappa shape index (κ2) is 4.15. The monoisotopic (exact) mass is 264 g/mol. The SMILES string of the molecule is CCCS(=O)(=O)c1ncc(Br)cn1. The predicted molar refractivity (Wildman–Crippen MR) is 52.1 cm³/mol. The lowest BCUT2D eigenvalue weighted by molar-refractivity contribution is 0.585. The molecule has 0 aliphatic rings. The van der Waals surface area contributed by atoms with Crippen LogP contribution in [0.3, 0.4) is 0 Å². The molecule has 4 nitrogen and oxygen atoms in total. The normalized spacial score (nSPS) is 11.5. The lowest BCUT2D eigenvalue weighted by Gasteiger charge is -1.99. The minimum atomic E-state index is -3.27. The van der Waals surface area contributed by atoms with Crippen molar-refractivity contribution < 1.29 is 8.42 Å². The van der Waals surface area contributed by atoms with Crippen molar-refractivity contribution in [3.63, 3.8) is 0 Å². The maximum Gasteiger partial charge on any atom is 0.247 e. The number of hydrogen-bond donors (Lipinski definition) is 0. The van der Waals surface area contributed by atoms with Crippen molar-refractivity contribution in [1.82, 2.24) is 9.97 Å². The Kier molecular flexibility index (Phi) is 3.38. The fraction of sp³-hybridized carbons (Fsp3) is 0.429. The molecule has 1 aromatic heterocycles. The van der Waals surface area contributed by atoms with Gasteiger partial charge in [0.05, 0.1) is 10.2 Å². The third-order valence-electron chi connectivity index (χ3n) is 1.35. The third-order valence-corrected chi connectivity index (χ3v) is 3.47. The van der Waals surface area contributed by atoms with Crippen molar-refractivity contribution in [2.45, 2.75) is 18.5 Å². The summed E-state index contributed by atoms with van der Waals surface area (Å²) in [6.07, 6.45) is 3.42. The molecule has 1 rings (SSSR count). The summed E-state index contributed by atoms with van der Waals surface area (Å²) in [4.78, 5) is 7.45. The highest BCUT2D eigenvalue weighted by Gasteiger charge is 2.15. The molecule has 0 saturated carbocycles. The Labute approximate surface area is 85.5 Å². The summed E-state index contributed by atoms with van der Waals surface area (Å²) in [6, 6.07) is 0. The fourth-order valence-electron chi connectivity index (χ4n) is 0.821. The van der Waals surface area contributed by atoms with E-state index in [1.54, 1.807) is 6.92 Å². The van der Waals surface area contributed by atoms with Gasteiger partial charge in [0, 0.05) is 12.4 Å². The zero-order valence-corrected chi connectivity index (χ0v) is 9.47. The zero-order chi connectivity index (χ0) is 9.90. The van der Waals surface area contributed by atoms with Crippen LogP contribution in [0.15, 0.2) is 22.0 Å². The molecule has 0 aliphatic heterocycles. The van der Waals surface area contributed by atoms with E-state index in [2.05, 4.69) is 25.9 Å². The summed E-state index contributed by atoms with van der Waals surface area (Å²) in [5.41, 5.74) is 0. The summed E-state index contributed by atoms with van der Waals surface area (Å²) >= 11 is 3.13. The van der Waals surface area contributed by atoms with Gasteiger partial charge in [-0.1, -0.05) is 6.92 Å². The highest BCUT2D eigenvalue weighted by Crippen LogP contribution is 2.09. The lowest BCUT2D eigenvalue weighted by atomic mass is 10.6. The van der Waals surface area contributed by atoms with Crippen molar-refractivity contribution in [3.8, 4) is 0 Å². The molecule has 13 heavy (non-hydrogen) atoms. The molecule has 0 spiro atoms. The van der Waals surface area contributed by atoms with Gasteiger partial charge in [0.15, 0.2) is 0 Å². The van der Waals surface area contributed by atoms with Gasteiger partial charge in [-0.2, -0.15) is 0 Å². The Morgan fingerprint density at radius 2 is 1.92 bits per heavy atom. The molecule has 0 N–H and O–H groups in total. The van der Waals surface area contributed by atoms with Crippen LogP contribution in [0.4, 0.5) is 0 Å². The van der Waals surface area contributed by atoms with E-state index in [0.717, 1.165) is 0 Å². The standard InChI is InChI=1S/C7H9BrN2O2S/c1-2-3-13(11,12)7-9-4-6(8)5-10-7/h4-5H,2-3H2,1H3. The van der Waals surface area contributed by atoms with Crippen LogP contribution < -0.4 is 0 Å². The average molecular weight is 265 g/mol. The lowest BCUT2D eigenvalue weighted by Crippen LogP contribution is -2.09. The summed E-state index contributed by atoms with van der Waals surface area (Å²) in [6.45, 7) is 1.80. The maximum atomic E-state index is 11.4. The fourth-order valence-corrected chi connectivity index (χ4v) is 2.17. The molecule has 0 amide bonds. The molecule has 6 heteroatoms. The van der Waals surface area contributed by atoms with Crippen LogP contribution in [0.25, 0.3) is 0 Å². The highest BCUT2D eigenvalue weighted by atomic mass is 79.9. The van der Waals surface area contributed by atoms with Crippen molar-refractivity contribution in [2.24, 2.45) is 0 Å². The van der Waals surface area contributed by atoms with E-state index in [0.29, 0.717) is 10.9 Å². The molecule has 0 aliphatic carbocycles. The zero-order valence-electron chi connectivity index (χ0n) is 7.07. The minimum Gasteiger partial charge on any atom is -0.226 e. The van der Waals surface area contributed by atoms with E-state index in [1.807, 2.05) is 0 Å². The quantitative estimate of drug-likeness (QED) is 0.775. The van der Waals surface area contributed by atoms with Gasteiger partial charge in [-0.15, -0.1) is 0 Å². The second-order valence-corrected chi connectivity index (χ2v) is 5.42. The Morgan fingerprint density at radius 3 is 2.38 bits per heavy atom.